The van der Waals surface area contributed by atoms with Crippen LogP contribution in [0.5, 0.6) is 0 Å². The molecule has 0 rings (SSSR count). The van der Waals surface area contributed by atoms with E-state index >= 15 is 0 Å². The van der Waals surface area contributed by atoms with E-state index in [2.05, 4.69) is 5.32 Å². The van der Waals surface area contributed by atoms with E-state index in [0.29, 0.717) is 13.0 Å². The van der Waals surface area contributed by atoms with E-state index in [9.17, 15) is 9.59 Å². The van der Waals surface area contributed by atoms with Gasteiger partial charge in [0.1, 0.15) is 6.10 Å². The minimum absolute atomic E-state index is 0.346. The summed E-state index contributed by atoms with van der Waals surface area (Å²) in [7, 11) is 0. The second-order valence-electron chi connectivity index (χ2n) is 3.54. The Morgan fingerprint density at radius 1 is 1.47 bits per heavy atom. The van der Waals surface area contributed by atoms with Crippen molar-refractivity contribution in [2.45, 2.75) is 45.8 Å². The van der Waals surface area contributed by atoms with Gasteiger partial charge in [0.25, 0.3) is 5.91 Å². The summed E-state index contributed by atoms with van der Waals surface area (Å²) in [5.74, 6) is -1.13. The molecule has 0 saturated heterocycles. The molecule has 0 aliphatic carbocycles. The van der Waals surface area contributed by atoms with Crippen LogP contribution in [-0.4, -0.2) is 35.2 Å². The summed E-state index contributed by atoms with van der Waals surface area (Å²) in [5, 5.41) is 11.6. The van der Waals surface area contributed by atoms with Crippen molar-refractivity contribution in [2.24, 2.45) is 0 Å². The lowest BCUT2D eigenvalue weighted by atomic mass is 10.0. The maximum atomic E-state index is 11.6. The zero-order valence-electron chi connectivity index (χ0n) is 9.66. The number of hydrogen-bond acceptors (Lipinski definition) is 4. The van der Waals surface area contributed by atoms with Crippen molar-refractivity contribution >= 4 is 11.9 Å². The molecule has 2 N–H and O–H groups in total. The smallest absolute Gasteiger partial charge is 0.335 e. The second kappa shape index (κ2) is 5.70. The number of carbonyl (C=O) groups excluding carboxylic acids is 2. The molecule has 88 valence electrons. The molecule has 0 spiro atoms. The zero-order valence-corrected chi connectivity index (χ0v) is 9.66. The molecule has 0 saturated carbocycles. The quantitative estimate of drug-likeness (QED) is 0.646. The summed E-state index contributed by atoms with van der Waals surface area (Å²) in [6.07, 6.45) is -0.859. The molecule has 5 heteroatoms. The van der Waals surface area contributed by atoms with Crippen molar-refractivity contribution in [1.82, 2.24) is 5.32 Å². The van der Waals surface area contributed by atoms with Gasteiger partial charge in [0.05, 0.1) is 0 Å². The summed E-state index contributed by atoms with van der Waals surface area (Å²) in [4.78, 5) is 22.8. The van der Waals surface area contributed by atoms with Gasteiger partial charge in [-0.15, -0.1) is 0 Å². The van der Waals surface area contributed by atoms with Gasteiger partial charge in [0.2, 0.25) is 0 Å². The van der Waals surface area contributed by atoms with E-state index < -0.39 is 17.7 Å². The number of carbonyl (C=O) groups is 2. The molecule has 0 aliphatic heterocycles. The largest absolute Gasteiger partial charge is 0.447 e. The van der Waals surface area contributed by atoms with Gasteiger partial charge < -0.3 is 15.2 Å². The molecule has 2 unspecified atom stereocenters. The number of nitrogens with one attached hydrogen (secondary N) is 1. The Bertz CT molecular complexity index is 240. The fourth-order valence-electron chi connectivity index (χ4n) is 0.934. The highest BCUT2D eigenvalue weighted by molar-refractivity contribution is 5.88. The summed E-state index contributed by atoms with van der Waals surface area (Å²) in [6.45, 7) is 6.82. The Hall–Kier alpha value is -1.10. The normalized spacial score (nSPS) is 16.3. The predicted molar refractivity (Wildman–Crippen MR) is 55.2 cm³/mol. The maximum Gasteiger partial charge on any atom is 0.335 e. The maximum absolute atomic E-state index is 11.6. The minimum atomic E-state index is -1.22. The topological polar surface area (TPSA) is 75.6 Å². The molecule has 1 amide bonds. The molecule has 0 aromatic rings. The van der Waals surface area contributed by atoms with Crippen LogP contribution in [0.25, 0.3) is 0 Å². The molecule has 2 atom stereocenters. The van der Waals surface area contributed by atoms with Crippen molar-refractivity contribution in [3.63, 3.8) is 0 Å². The van der Waals surface area contributed by atoms with Gasteiger partial charge in [-0.3, -0.25) is 4.79 Å². The molecular weight excluding hydrogens is 198 g/mol. The highest BCUT2D eigenvalue weighted by atomic mass is 16.6. The molecule has 0 bridgehead atoms. The fraction of sp³-hybridized carbons (Fsp3) is 0.800. The molecule has 5 nitrogen and oxygen atoms in total. The van der Waals surface area contributed by atoms with E-state index in [4.69, 9.17) is 9.84 Å². The summed E-state index contributed by atoms with van der Waals surface area (Å²) in [5.41, 5.74) is -1.20. The van der Waals surface area contributed by atoms with Gasteiger partial charge in [0.15, 0.2) is 5.60 Å². The lowest BCUT2D eigenvalue weighted by Gasteiger charge is -2.27. The first-order valence-electron chi connectivity index (χ1n) is 5.06. The Morgan fingerprint density at radius 3 is 2.33 bits per heavy atom. The van der Waals surface area contributed by atoms with E-state index in [-0.39, 0.29) is 5.91 Å². The van der Waals surface area contributed by atoms with Crippen LogP contribution in [0, 0.1) is 0 Å². The van der Waals surface area contributed by atoms with Crippen LogP contribution < -0.4 is 5.32 Å². The van der Waals surface area contributed by atoms with Gasteiger partial charge in [-0.25, -0.2) is 4.79 Å². The Balaban J connectivity index is 4.56. The van der Waals surface area contributed by atoms with Gasteiger partial charge in [0, 0.05) is 6.54 Å². The number of ether oxygens (including phenoxy) is 1. The molecule has 0 aromatic carbocycles. The molecule has 15 heavy (non-hydrogen) atoms. The second-order valence-corrected chi connectivity index (χ2v) is 3.54. The van der Waals surface area contributed by atoms with Crippen LogP contribution in [0.1, 0.15) is 34.1 Å². The average molecular weight is 217 g/mol. The summed E-state index contributed by atoms with van der Waals surface area (Å²) in [6, 6.07) is 0. The van der Waals surface area contributed by atoms with Crippen molar-refractivity contribution in [3.05, 3.63) is 0 Å². The minimum Gasteiger partial charge on any atom is -0.447 e. The van der Waals surface area contributed by atoms with Crippen LogP contribution in [0.2, 0.25) is 0 Å². The molecule has 0 heterocycles. The van der Waals surface area contributed by atoms with Crippen LogP contribution >= 0.6 is 0 Å². The predicted octanol–water partition coefficient (Wildman–Crippen LogP) is 0.215. The average Bonchev–Trinajstić information content (AvgIpc) is 2.17. The number of hydrogen-bond donors (Lipinski definition) is 2. The zero-order chi connectivity index (χ0) is 12.1. The monoisotopic (exact) mass is 217 g/mol. The number of likely N-dealkylation sites (N-methyl/N-ethyl adjacent to an activating group) is 1. The third-order valence-electron chi connectivity index (χ3n) is 2.16. The van der Waals surface area contributed by atoms with E-state index in [1.54, 1.807) is 13.8 Å². The van der Waals surface area contributed by atoms with Crippen molar-refractivity contribution in [2.75, 3.05) is 6.54 Å². The standard InChI is InChI=1S/C10H19NO4/c1-5-10(4,9(14)11-6-2)15-8(13)7(3)12/h7,12H,5-6H2,1-4H3,(H,11,14). The Labute approximate surface area is 89.8 Å². The molecular formula is C10H19NO4. The highest BCUT2D eigenvalue weighted by Gasteiger charge is 2.36. The third kappa shape index (κ3) is 3.87. The van der Waals surface area contributed by atoms with Crippen LogP contribution in [0.15, 0.2) is 0 Å². The van der Waals surface area contributed by atoms with E-state index in [1.165, 1.54) is 13.8 Å². The van der Waals surface area contributed by atoms with Crippen molar-refractivity contribution in [1.29, 1.82) is 0 Å². The SMILES string of the molecule is CCNC(=O)C(C)(CC)OC(=O)C(C)O. The Morgan fingerprint density at radius 2 is 2.00 bits per heavy atom. The van der Waals surface area contributed by atoms with Gasteiger partial charge >= 0.3 is 5.97 Å². The summed E-state index contributed by atoms with van der Waals surface area (Å²) < 4.78 is 4.96. The lowest BCUT2D eigenvalue weighted by Crippen LogP contribution is -2.48. The van der Waals surface area contributed by atoms with Crippen LogP contribution in [-0.2, 0) is 14.3 Å². The van der Waals surface area contributed by atoms with Crippen LogP contribution in [0.3, 0.4) is 0 Å². The van der Waals surface area contributed by atoms with Gasteiger partial charge in [-0.05, 0) is 27.2 Å². The molecule has 0 aliphatic rings. The third-order valence-corrected chi connectivity index (χ3v) is 2.16. The molecule has 0 fully saturated rings. The first-order chi connectivity index (χ1) is 6.87. The molecule has 0 radical (unpaired) electrons. The van der Waals surface area contributed by atoms with Gasteiger partial charge in [-0.2, -0.15) is 0 Å². The fourth-order valence-corrected chi connectivity index (χ4v) is 0.934. The number of amides is 1. The lowest BCUT2D eigenvalue weighted by molar-refractivity contribution is -0.174. The highest BCUT2D eigenvalue weighted by Crippen LogP contribution is 2.16. The van der Waals surface area contributed by atoms with Crippen molar-refractivity contribution < 1.29 is 19.4 Å². The number of rotatable bonds is 5. The first-order valence-corrected chi connectivity index (χ1v) is 5.06. The van der Waals surface area contributed by atoms with E-state index in [1.807, 2.05) is 0 Å². The first kappa shape index (κ1) is 13.9. The number of aliphatic hydroxyl groups is 1. The van der Waals surface area contributed by atoms with Crippen LogP contribution in [0.4, 0.5) is 0 Å². The molecule has 0 aromatic heterocycles. The number of esters is 1. The Kier molecular flexibility index (Phi) is 5.28. The van der Waals surface area contributed by atoms with E-state index in [0.717, 1.165) is 0 Å². The summed E-state index contributed by atoms with van der Waals surface area (Å²) >= 11 is 0. The number of aliphatic hydroxyl groups excluding tert-OH is 1. The van der Waals surface area contributed by atoms with Crippen molar-refractivity contribution in [3.8, 4) is 0 Å². The van der Waals surface area contributed by atoms with Gasteiger partial charge in [-0.1, -0.05) is 6.92 Å².